The summed E-state index contributed by atoms with van der Waals surface area (Å²) >= 11 is 0. The van der Waals surface area contributed by atoms with Crippen LogP contribution in [0.3, 0.4) is 0 Å². The Morgan fingerprint density at radius 1 is 1.50 bits per heavy atom. The maximum atomic E-state index is 11.3. The van der Waals surface area contributed by atoms with Gasteiger partial charge in [0.25, 0.3) is 0 Å². The molecule has 0 aliphatic carbocycles. The normalized spacial score (nSPS) is 21.7. The minimum absolute atomic E-state index is 0.340. The van der Waals surface area contributed by atoms with Gasteiger partial charge in [0.05, 0.1) is 5.69 Å². The Bertz CT molecular complexity index is 403. The lowest BCUT2D eigenvalue weighted by Gasteiger charge is -2.26. The Labute approximate surface area is 107 Å². The van der Waals surface area contributed by atoms with Crippen molar-refractivity contribution in [3.8, 4) is 0 Å². The van der Waals surface area contributed by atoms with E-state index < -0.39 is 5.97 Å². The third-order valence-electron chi connectivity index (χ3n) is 3.62. The zero-order valence-corrected chi connectivity index (χ0v) is 10.9. The highest BCUT2D eigenvalue weighted by Gasteiger charge is 2.27. The Hall–Kier alpha value is -1.36. The van der Waals surface area contributed by atoms with Gasteiger partial charge in [-0.05, 0) is 32.4 Å². The summed E-state index contributed by atoms with van der Waals surface area (Å²) in [5.41, 5.74) is 1.10. The van der Waals surface area contributed by atoms with Crippen LogP contribution in [0.25, 0.3) is 0 Å². The van der Waals surface area contributed by atoms with Gasteiger partial charge in [0, 0.05) is 19.3 Å². The van der Waals surface area contributed by atoms with E-state index in [2.05, 4.69) is 10.00 Å². The molecule has 1 atom stereocenters. The monoisotopic (exact) mass is 251 g/mol. The molecule has 0 spiro atoms. The first-order valence-corrected chi connectivity index (χ1v) is 6.70. The average molecular weight is 251 g/mol. The summed E-state index contributed by atoms with van der Waals surface area (Å²) in [6.45, 7) is 4.43. The molecule has 0 radical (unpaired) electrons. The van der Waals surface area contributed by atoms with Gasteiger partial charge in [-0.15, -0.1) is 0 Å². The van der Waals surface area contributed by atoms with E-state index in [-0.39, 0.29) is 6.04 Å². The van der Waals surface area contributed by atoms with Crippen LogP contribution in [-0.2, 0) is 17.9 Å². The molecule has 5 heteroatoms. The van der Waals surface area contributed by atoms with Crippen molar-refractivity contribution in [2.24, 2.45) is 0 Å². The number of rotatable bonds is 4. The highest BCUT2D eigenvalue weighted by molar-refractivity contribution is 5.73. The molecule has 1 saturated heterocycles. The highest BCUT2D eigenvalue weighted by Crippen LogP contribution is 2.19. The Morgan fingerprint density at radius 3 is 3.06 bits per heavy atom. The van der Waals surface area contributed by atoms with E-state index in [0.29, 0.717) is 6.54 Å². The van der Waals surface area contributed by atoms with Crippen molar-refractivity contribution in [1.29, 1.82) is 0 Å². The third-order valence-corrected chi connectivity index (χ3v) is 3.62. The molecule has 1 fully saturated rings. The lowest BCUT2D eigenvalue weighted by Crippen LogP contribution is -2.40. The van der Waals surface area contributed by atoms with Gasteiger partial charge in [-0.1, -0.05) is 12.8 Å². The molecule has 5 nitrogen and oxygen atoms in total. The molecule has 0 bridgehead atoms. The number of hydrogen-bond donors (Lipinski definition) is 1. The summed E-state index contributed by atoms with van der Waals surface area (Å²) in [5.74, 6) is -0.695. The molecule has 0 aromatic carbocycles. The van der Waals surface area contributed by atoms with Gasteiger partial charge in [0.2, 0.25) is 0 Å². The van der Waals surface area contributed by atoms with E-state index in [1.54, 1.807) is 6.20 Å². The summed E-state index contributed by atoms with van der Waals surface area (Å²) in [6, 6.07) is 1.64. The fourth-order valence-electron chi connectivity index (χ4n) is 2.62. The molecule has 1 aliphatic rings. The second-order valence-corrected chi connectivity index (χ2v) is 4.81. The molecule has 0 saturated carbocycles. The first-order chi connectivity index (χ1) is 8.72. The fourth-order valence-corrected chi connectivity index (χ4v) is 2.62. The fraction of sp³-hybridized carbons (Fsp3) is 0.692. The number of carboxylic acid groups (broad SMARTS) is 1. The zero-order chi connectivity index (χ0) is 13.0. The second-order valence-electron chi connectivity index (χ2n) is 4.81. The first-order valence-electron chi connectivity index (χ1n) is 6.70. The minimum Gasteiger partial charge on any atom is -0.480 e. The van der Waals surface area contributed by atoms with Crippen molar-refractivity contribution in [3.05, 3.63) is 18.0 Å². The quantitative estimate of drug-likeness (QED) is 0.885. The van der Waals surface area contributed by atoms with Gasteiger partial charge in [-0.2, -0.15) is 5.10 Å². The number of carbonyl (C=O) groups is 1. The lowest BCUT2D eigenvalue weighted by molar-refractivity contribution is -0.143. The summed E-state index contributed by atoms with van der Waals surface area (Å²) < 4.78 is 1.93. The highest BCUT2D eigenvalue weighted by atomic mass is 16.4. The van der Waals surface area contributed by atoms with Gasteiger partial charge >= 0.3 is 5.97 Å². The molecule has 1 aromatic rings. The van der Waals surface area contributed by atoms with Crippen LogP contribution in [-0.4, -0.2) is 38.3 Å². The summed E-state index contributed by atoms with van der Waals surface area (Å²) in [4.78, 5) is 13.4. The van der Waals surface area contributed by atoms with E-state index in [0.717, 1.165) is 44.5 Å². The molecule has 1 N–H and O–H groups in total. The van der Waals surface area contributed by atoms with Crippen molar-refractivity contribution in [2.45, 2.75) is 51.7 Å². The van der Waals surface area contributed by atoms with Crippen LogP contribution in [0.5, 0.6) is 0 Å². The predicted octanol–water partition coefficient (Wildman–Crippen LogP) is 1.73. The molecular weight excluding hydrogens is 230 g/mol. The van der Waals surface area contributed by atoms with Crippen LogP contribution >= 0.6 is 0 Å². The molecular formula is C13H21N3O2. The summed E-state index contributed by atoms with van der Waals surface area (Å²) in [5, 5.41) is 13.6. The first kappa shape index (κ1) is 13.1. The van der Waals surface area contributed by atoms with Crippen molar-refractivity contribution < 1.29 is 9.90 Å². The van der Waals surface area contributed by atoms with E-state index in [1.165, 1.54) is 0 Å². The standard InChI is InChI=1S/C13H21N3O2/c1-2-16-11(7-8-14-16)10-15-9-5-3-4-6-12(15)13(17)18/h7-8,12H,2-6,9-10H2,1H3,(H,17,18). The Kier molecular flexibility index (Phi) is 4.36. The Balaban J connectivity index is 2.11. The summed E-state index contributed by atoms with van der Waals surface area (Å²) in [6.07, 6.45) is 5.78. The number of aryl methyl sites for hydroxylation is 1. The lowest BCUT2D eigenvalue weighted by atomic mass is 10.1. The van der Waals surface area contributed by atoms with Gasteiger partial charge in [-0.3, -0.25) is 14.4 Å². The predicted molar refractivity (Wildman–Crippen MR) is 68.2 cm³/mol. The van der Waals surface area contributed by atoms with E-state index in [1.807, 2.05) is 17.7 Å². The number of aromatic nitrogens is 2. The second kappa shape index (κ2) is 6.00. The third kappa shape index (κ3) is 2.90. The largest absolute Gasteiger partial charge is 0.480 e. The average Bonchev–Trinajstić information content (AvgIpc) is 2.65. The molecule has 100 valence electrons. The van der Waals surface area contributed by atoms with Crippen molar-refractivity contribution in [2.75, 3.05) is 6.54 Å². The van der Waals surface area contributed by atoms with Crippen LogP contribution < -0.4 is 0 Å². The van der Waals surface area contributed by atoms with Crippen LogP contribution in [0.15, 0.2) is 12.3 Å². The van der Waals surface area contributed by atoms with Gasteiger partial charge in [0.1, 0.15) is 6.04 Å². The number of carboxylic acids is 1. The maximum absolute atomic E-state index is 11.3. The van der Waals surface area contributed by atoms with Crippen molar-refractivity contribution >= 4 is 5.97 Å². The molecule has 0 amide bonds. The smallest absolute Gasteiger partial charge is 0.320 e. The Morgan fingerprint density at radius 2 is 2.33 bits per heavy atom. The van der Waals surface area contributed by atoms with Crippen LogP contribution in [0.4, 0.5) is 0 Å². The zero-order valence-electron chi connectivity index (χ0n) is 10.9. The number of aliphatic carboxylic acids is 1. The molecule has 1 unspecified atom stereocenters. The molecule has 2 heterocycles. The van der Waals surface area contributed by atoms with Gasteiger partial charge < -0.3 is 5.11 Å². The summed E-state index contributed by atoms with van der Waals surface area (Å²) in [7, 11) is 0. The number of nitrogens with zero attached hydrogens (tertiary/aromatic N) is 3. The van der Waals surface area contributed by atoms with E-state index in [9.17, 15) is 9.90 Å². The van der Waals surface area contributed by atoms with Crippen LogP contribution in [0, 0.1) is 0 Å². The van der Waals surface area contributed by atoms with E-state index >= 15 is 0 Å². The van der Waals surface area contributed by atoms with Crippen molar-refractivity contribution in [1.82, 2.24) is 14.7 Å². The molecule has 2 rings (SSSR count). The van der Waals surface area contributed by atoms with Crippen LogP contribution in [0.1, 0.15) is 38.3 Å². The molecule has 1 aliphatic heterocycles. The van der Waals surface area contributed by atoms with Gasteiger partial charge in [0.15, 0.2) is 0 Å². The SMILES string of the molecule is CCn1nccc1CN1CCCCCC1C(=O)O. The molecule has 18 heavy (non-hydrogen) atoms. The molecule has 1 aromatic heterocycles. The van der Waals surface area contributed by atoms with Gasteiger partial charge in [-0.25, -0.2) is 0 Å². The number of hydrogen-bond acceptors (Lipinski definition) is 3. The van der Waals surface area contributed by atoms with E-state index in [4.69, 9.17) is 0 Å². The van der Waals surface area contributed by atoms with Crippen LogP contribution in [0.2, 0.25) is 0 Å². The van der Waals surface area contributed by atoms with Crippen molar-refractivity contribution in [3.63, 3.8) is 0 Å². The maximum Gasteiger partial charge on any atom is 0.320 e. The number of likely N-dealkylation sites (tertiary alicyclic amines) is 1. The topological polar surface area (TPSA) is 58.4 Å². The minimum atomic E-state index is -0.695.